The van der Waals surface area contributed by atoms with Crippen molar-refractivity contribution in [3.63, 3.8) is 0 Å². The Morgan fingerprint density at radius 2 is 2.12 bits per heavy atom. The maximum Gasteiger partial charge on any atom is 0.251 e. The number of carbonyl (C=O) groups excluding carboxylic acids is 1. The predicted molar refractivity (Wildman–Crippen MR) is 61.3 cm³/mol. The van der Waals surface area contributed by atoms with E-state index < -0.39 is 0 Å². The third-order valence-electron chi connectivity index (χ3n) is 1.96. The zero-order valence-electron chi connectivity index (χ0n) is 8.76. The van der Waals surface area contributed by atoms with Crippen molar-refractivity contribution in [3.05, 3.63) is 40.3 Å². The maximum absolute atomic E-state index is 11.5. The molecule has 1 aromatic carbocycles. The summed E-state index contributed by atoms with van der Waals surface area (Å²) in [7, 11) is 0. The third kappa shape index (κ3) is 3.61. The summed E-state index contributed by atoms with van der Waals surface area (Å²) < 4.78 is 0. The van der Waals surface area contributed by atoms with Crippen LogP contribution in [0.15, 0.2) is 29.4 Å². The van der Waals surface area contributed by atoms with Crippen LogP contribution in [0.25, 0.3) is 10.4 Å². The fourth-order valence-corrected chi connectivity index (χ4v) is 1.14. The molecule has 6 heteroatoms. The van der Waals surface area contributed by atoms with E-state index in [1.807, 2.05) is 0 Å². The lowest BCUT2D eigenvalue weighted by molar-refractivity contribution is 0.0953. The Hall–Kier alpha value is -2.04. The van der Waals surface area contributed by atoms with Crippen LogP contribution in [0.4, 0.5) is 5.69 Å². The van der Waals surface area contributed by atoms with E-state index in [9.17, 15) is 4.79 Å². The van der Waals surface area contributed by atoms with Crippen molar-refractivity contribution in [1.29, 1.82) is 0 Å². The molecule has 3 N–H and O–H groups in total. The van der Waals surface area contributed by atoms with E-state index in [1.54, 1.807) is 24.3 Å². The third-order valence-corrected chi connectivity index (χ3v) is 1.96. The van der Waals surface area contributed by atoms with Crippen molar-refractivity contribution in [2.45, 2.75) is 6.42 Å². The first kappa shape index (κ1) is 12.0. The molecule has 0 saturated heterocycles. The van der Waals surface area contributed by atoms with Crippen molar-refractivity contribution in [2.24, 2.45) is 10.8 Å². The number of nitrogens with one attached hydrogen (secondary N) is 1. The van der Waals surface area contributed by atoms with Crippen LogP contribution in [-0.2, 0) is 0 Å². The molecule has 0 unspecified atom stereocenters. The molecule has 0 saturated carbocycles. The van der Waals surface area contributed by atoms with Crippen molar-refractivity contribution in [2.75, 3.05) is 13.1 Å². The lowest BCUT2D eigenvalue weighted by Gasteiger charge is -2.03. The van der Waals surface area contributed by atoms with Crippen molar-refractivity contribution in [1.82, 2.24) is 5.32 Å². The number of azide groups is 1. The van der Waals surface area contributed by atoms with Gasteiger partial charge in [0.2, 0.25) is 0 Å². The van der Waals surface area contributed by atoms with Gasteiger partial charge in [-0.15, -0.1) is 0 Å². The summed E-state index contributed by atoms with van der Waals surface area (Å²) >= 11 is 0. The molecule has 0 aliphatic carbocycles. The summed E-state index contributed by atoms with van der Waals surface area (Å²) in [6.45, 7) is 1.11. The fraction of sp³-hybridized carbons (Fsp3) is 0.300. The van der Waals surface area contributed by atoms with Gasteiger partial charge in [-0.3, -0.25) is 4.79 Å². The number of carbonyl (C=O) groups is 1. The molecule has 0 fully saturated rings. The molecule has 6 nitrogen and oxygen atoms in total. The molecular weight excluding hydrogens is 206 g/mol. The summed E-state index contributed by atoms with van der Waals surface area (Å²) in [5, 5.41) is 6.14. The van der Waals surface area contributed by atoms with Gasteiger partial charge in [-0.05, 0) is 30.6 Å². The molecule has 0 atom stereocenters. The molecule has 1 amide bonds. The molecule has 1 rings (SSSR count). The first-order valence-corrected chi connectivity index (χ1v) is 4.91. The van der Waals surface area contributed by atoms with Crippen molar-refractivity contribution >= 4 is 11.6 Å². The number of rotatable bonds is 5. The van der Waals surface area contributed by atoms with Crippen LogP contribution in [0.5, 0.6) is 0 Å². The molecule has 0 heterocycles. The Labute approximate surface area is 93.1 Å². The van der Waals surface area contributed by atoms with Crippen LogP contribution in [0, 0.1) is 0 Å². The number of nitrogens with two attached hydrogens (primary N) is 1. The minimum atomic E-state index is -0.152. The molecule has 16 heavy (non-hydrogen) atoms. The van der Waals surface area contributed by atoms with E-state index in [1.165, 1.54) is 0 Å². The van der Waals surface area contributed by atoms with E-state index in [0.717, 1.165) is 6.42 Å². The summed E-state index contributed by atoms with van der Waals surface area (Å²) in [6, 6.07) is 6.42. The highest BCUT2D eigenvalue weighted by molar-refractivity contribution is 5.94. The number of nitrogens with zero attached hydrogens (tertiary/aromatic N) is 3. The summed E-state index contributed by atoms with van der Waals surface area (Å²) in [6.07, 6.45) is 0.753. The smallest absolute Gasteiger partial charge is 0.251 e. The average molecular weight is 219 g/mol. The summed E-state index contributed by atoms with van der Waals surface area (Å²) in [4.78, 5) is 14.2. The Morgan fingerprint density at radius 3 is 2.69 bits per heavy atom. The highest BCUT2D eigenvalue weighted by Crippen LogP contribution is 2.12. The number of benzene rings is 1. The van der Waals surface area contributed by atoms with E-state index >= 15 is 0 Å². The van der Waals surface area contributed by atoms with Gasteiger partial charge in [0.15, 0.2) is 0 Å². The molecule has 0 spiro atoms. The number of hydrogen-bond acceptors (Lipinski definition) is 3. The highest BCUT2D eigenvalue weighted by Gasteiger charge is 2.03. The van der Waals surface area contributed by atoms with Crippen LogP contribution in [-0.4, -0.2) is 19.0 Å². The lowest BCUT2D eigenvalue weighted by atomic mass is 10.2. The van der Waals surface area contributed by atoms with Gasteiger partial charge in [0.25, 0.3) is 5.91 Å². The number of hydrogen-bond donors (Lipinski definition) is 2. The molecule has 1 aromatic rings. The summed E-state index contributed by atoms with van der Waals surface area (Å²) in [5.41, 5.74) is 14.5. The molecule has 0 bridgehead atoms. The quantitative estimate of drug-likeness (QED) is 0.340. The van der Waals surface area contributed by atoms with Gasteiger partial charge in [-0.1, -0.05) is 17.2 Å². The molecule has 0 radical (unpaired) electrons. The van der Waals surface area contributed by atoms with Crippen LogP contribution >= 0.6 is 0 Å². The average Bonchev–Trinajstić information content (AvgIpc) is 2.30. The standard InChI is InChI=1S/C10H13N5O/c11-6-1-7-13-10(16)8-2-4-9(5-3-8)14-15-12/h2-5H,1,6-7,11H2,(H,13,16). The highest BCUT2D eigenvalue weighted by atomic mass is 16.1. The fourth-order valence-electron chi connectivity index (χ4n) is 1.14. The van der Waals surface area contributed by atoms with E-state index in [4.69, 9.17) is 11.3 Å². The van der Waals surface area contributed by atoms with Crippen molar-refractivity contribution < 1.29 is 4.79 Å². The Morgan fingerprint density at radius 1 is 1.44 bits per heavy atom. The van der Waals surface area contributed by atoms with E-state index in [-0.39, 0.29) is 5.91 Å². The monoisotopic (exact) mass is 219 g/mol. The van der Waals surface area contributed by atoms with Gasteiger partial charge in [0, 0.05) is 22.7 Å². The second kappa shape index (κ2) is 6.44. The first-order valence-electron chi connectivity index (χ1n) is 4.91. The van der Waals surface area contributed by atoms with E-state index in [0.29, 0.717) is 24.3 Å². The molecule has 84 valence electrons. The van der Waals surface area contributed by atoms with Crippen LogP contribution in [0.2, 0.25) is 0 Å². The van der Waals surface area contributed by atoms with Gasteiger partial charge in [0.05, 0.1) is 0 Å². The van der Waals surface area contributed by atoms with Crippen LogP contribution < -0.4 is 11.1 Å². The van der Waals surface area contributed by atoms with Crippen LogP contribution in [0.3, 0.4) is 0 Å². The summed E-state index contributed by atoms with van der Waals surface area (Å²) in [5.74, 6) is -0.152. The normalized spacial score (nSPS) is 9.31. The second-order valence-corrected chi connectivity index (χ2v) is 3.13. The van der Waals surface area contributed by atoms with Gasteiger partial charge >= 0.3 is 0 Å². The molecular formula is C10H13N5O. The molecule has 0 aliphatic heterocycles. The Bertz CT molecular complexity index is 394. The first-order chi connectivity index (χ1) is 7.77. The van der Waals surface area contributed by atoms with Gasteiger partial charge < -0.3 is 11.1 Å². The lowest BCUT2D eigenvalue weighted by Crippen LogP contribution is -2.25. The number of amides is 1. The minimum absolute atomic E-state index is 0.152. The second-order valence-electron chi connectivity index (χ2n) is 3.13. The zero-order valence-corrected chi connectivity index (χ0v) is 8.76. The van der Waals surface area contributed by atoms with Gasteiger partial charge in [-0.2, -0.15) is 0 Å². The van der Waals surface area contributed by atoms with Gasteiger partial charge in [-0.25, -0.2) is 0 Å². The molecule has 0 aromatic heterocycles. The van der Waals surface area contributed by atoms with E-state index in [2.05, 4.69) is 15.3 Å². The topological polar surface area (TPSA) is 104 Å². The minimum Gasteiger partial charge on any atom is -0.352 e. The van der Waals surface area contributed by atoms with Crippen molar-refractivity contribution in [3.8, 4) is 0 Å². The molecule has 0 aliphatic rings. The Balaban J connectivity index is 2.59. The zero-order chi connectivity index (χ0) is 11.8. The van der Waals surface area contributed by atoms with Crippen LogP contribution in [0.1, 0.15) is 16.8 Å². The predicted octanol–water partition coefficient (Wildman–Crippen LogP) is 1.71. The SMILES string of the molecule is [N-]=[N+]=Nc1ccc(C(=O)NCCCN)cc1. The largest absolute Gasteiger partial charge is 0.352 e. The Kier molecular flexibility index (Phi) is 4.85. The maximum atomic E-state index is 11.5. The van der Waals surface area contributed by atoms with Gasteiger partial charge in [0.1, 0.15) is 0 Å².